The van der Waals surface area contributed by atoms with Gasteiger partial charge in [-0.15, -0.1) is 0 Å². The van der Waals surface area contributed by atoms with Crippen LogP contribution in [0.5, 0.6) is 0 Å². The van der Waals surface area contributed by atoms with Crippen molar-refractivity contribution in [2.75, 3.05) is 29.9 Å². The third-order valence-electron chi connectivity index (χ3n) is 4.99. The topological polar surface area (TPSA) is 120 Å². The molecule has 0 spiro atoms. The molecule has 31 heavy (non-hydrogen) atoms. The molecule has 2 aliphatic heterocycles. The summed E-state index contributed by atoms with van der Waals surface area (Å²) >= 11 is 0. The Morgan fingerprint density at radius 3 is 2.74 bits per heavy atom. The third-order valence-corrected chi connectivity index (χ3v) is 4.99. The van der Waals surface area contributed by atoms with E-state index in [2.05, 4.69) is 40.5 Å². The van der Waals surface area contributed by atoms with Gasteiger partial charge in [-0.2, -0.15) is 0 Å². The van der Waals surface area contributed by atoms with Crippen LogP contribution in [0.1, 0.15) is 22.8 Å². The van der Waals surface area contributed by atoms with Gasteiger partial charge in [-0.1, -0.05) is 0 Å². The third kappa shape index (κ3) is 3.92. The number of hydrogen-bond donors (Lipinski definition) is 1. The Bertz CT molecular complexity index is 1130. The first-order chi connectivity index (χ1) is 15.2. The highest BCUT2D eigenvalue weighted by atomic mass is 16.5. The Kier molecular flexibility index (Phi) is 4.97. The van der Waals surface area contributed by atoms with E-state index in [1.807, 2.05) is 13.0 Å². The quantitative estimate of drug-likeness (QED) is 0.682. The van der Waals surface area contributed by atoms with E-state index < -0.39 is 0 Å². The highest BCUT2D eigenvalue weighted by molar-refractivity contribution is 6.05. The Morgan fingerprint density at radius 1 is 1.16 bits per heavy atom. The smallest absolute Gasteiger partial charge is 0.281 e. The van der Waals surface area contributed by atoms with E-state index >= 15 is 0 Å². The first-order valence-corrected chi connectivity index (χ1v) is 9.85. The maximum Gasteiger partial charge on any atom is 0.281 e. The van der Waals surface area contributed by atoms with Gasteiger partial charge in [0.05, 0.1) is 42.0 Å². The van der Waals surface area contributed by atoms with Crippen LogP contribution in [0.2, 0.25) is 0 Å². The molecule has 0 saturated carbocycles. The van der Waals surface area contributed by atoms with E-state index in [1.165, 1.54) is 12.5 Å². The molecule has 5 rings (SSSR count). The molecule has 10 nitrogen and oxygen atoms in total. The first kappa shape index (κ1) is 19.1. The van der Waals surface area contributed by atoms with Gasteiger partial charge < -0.3 is 15.0 Å². The fourth-order valence-corrected chi connectivity index (χ4v) is 3.53. The van der Waals surface area contributed by atoms with Crippen LogP contribution in [0.3, 0.4) is 0 Å². The molecule has 0 bridgehead atoms. The fraction of sp³-hybridized carbons (Fsp3) is 0.238. The van der Waals surface area contributed by atoms with Crippen LogP contribution in [0.15, 0.2) is 43.4 Å². The summed E-state index contributed by atoms with van der Waals surface area (Å²) in [5, 5.41) is 7.06. The van der Waals surface area contributed by atoms with Crippen molar-refractivity contribution in [3.63, 3.8) is 0 Å². The number of anilines is 3. The Hall–Kier alpha value is -3.92. The van der Waals surface area contributed by atoms with Gasteiger partial charge in [0.2, 0.25) is 5.95 Å². The first-order valence-electron chi connectivity index (χ1n) is 9.85. The SMILES string of the molecule is C[C@@H]1CN(c2ncc(Nc3nc(-c4cncnc4)cc4c3C(=O)[N]C=C4)cn2)CCO1. The number of nitrogens with one attached hydrogen (secondary N) is 1. The number of carbonyl (C=O) groups excluding carboxylic acids is 1. The van der Waals surface area contributed by atoms with E-state index in [9.17, 15) is 4.79 Å². The molecule has 1 atom stereocenters. The molecule has 0 unspecified atom stereocenters. The monoisotopic (exact) mass is 415 g/mol. The number of rotatable bonds is 4. The standard InChI is InChI=1S/C21H19N8O2/c1-13-11-29(4-5-31-13)21-25-9-16(10-26-21)27-19-18-14(2-3-24-20(18)30)6-17(28-19)15-7-22-12-23-8-15/h2-3,6-10,12-13H,4-5,11H2,1H3,(H,27,28)/t13-/m1/s1. The Balaban J connectivity index is 1.47. The minimum absolute atomic E-state index is 0.137. The van der Waals surface area contributed by atoms with Gasteiger partial charge in [-0.25, -0.2) is 30.2 Å². The van der Waals surface area contributed by atoms with Gasteiger partial charge in [-0.05, 0) is 24.6 Å². The van der Waals surface area contributed by atoms with Gasteiger partial charge in [0.1, 0.15) is 12.1 Å². The molecule has 1 fully saturated rings. The lowest BCUT2D eigenvalue weighted by Gasteiger charge is -2.31. The summed E-state index contributed by atoms with van der Waals surface area (Å²) in [5.41, 5.74) is 3.11. The van der Waals surface area contributed by atoms with Crippen molar-refractivity contribution in [2.45, 2.75) is 13.0 Å². The summed E-state index contributed by atoms with van der Waals surface area (Å²) in [7, 11) is 0. The molecule has 2 aliphatic rings. The average molecular weight is 415 g/mol. The van der Waals surface area contributed by atoms with Crippen molar-refractivity contribution >= 4 is 29.4 Å². The molecule has 5 heterocycles. The van der Waals surface area contributed by atoms with Crippen LogP contribution in [0, 0.1) is 0 Å². The van der Waals surface area contributed by atoms with Gasteiger partial charge in [0.25, 0.3) is 5.91 Å². The summed E-state index contributed by atoms with van der Waals surface area (Å²) in [6, 6.07) is 1.82. The van der Waals surface area contributed by atoms with Crippen LogP contribution in [0.4, 0.5) is 17.5 Å². The molecule has 3 aromatic heterocycles. The summed E-state index contributed by atoms with van der Waals surface area (Å²) in [5.74, 6) is 0.661. The lowest BCUT2D eigenvalue weighted by molar-refractivity contribution is 0.0526. The molecule has 0 aliphatic carbocycles. The maximum absolute atomic E-state index is 12.5. The molecular formula is C21H19N8O2. The molecule has 1 N–H and O–H groups in total. The molecule has 155 valence electrons. The molecule has 0 aromatic carbocycles. The molecule has 1 amide bonds. The number of pyridine rings is 1. The van der Waals surface area contributed by atoms with Crippen LogP contribution < -0.4 is 15.5 Å². The van der Waals surface area contributed by atoms with Crippen molar-refractivity contribution in [3.05, 3.63) is 54.5 Å². The zero-order valence-corrected chi connectivity index (χ0v) is 16.8. The Labute approximate surface area is 178 Å². The van der Waals surface area contributed by atoms with Crippen molar-refractivity contribution in [3.8, 4) is 11.3 Å². The molecule has 3 aromatic rings. The lowest BCUT2D eigenvalue weighted by atomic mass is 10.0. The van der Waals surface area contributed by atoms with Crippen molar-refractivity contribution in [1.82, 2.24) is 30.2 Å². The predicted octanol–water partition coefficient (Wildman–Crippen LogP) is 2.03. The minimum atomic E-state index is -0.358. The summed E-state index contributed by atoms with van der Waals surface area (Å²) in [4.78, 5) is 36.2. The van der Waals surface area contributed by atoms with Crippen molar-refractivity contribution in [2.24, 2.45) is 0 Å². The number of amides is 1. The molecule has 10 heteroatoms. The number of fused-ring (bicyclic) bond motifs is 1. The molecule has 1 radical (unpaired) electrons. The van der Waals surface area contributed by atoms with E-state index in [0.29, 0.717) is 35.3 Å². The summed E-state index contributed by atoms with van der Waals surface area (Å²) in [6.45, 7) is 4.16. The van der Waals surface area contributed by atoms with E-state index in [-0.39, 0.29) is 12.0 Å². The molecule has 1 saturated heterocycles. The van der Waals surface area contributed by atoms with E-state index in [4.69, 9.17) is 4.74 Å². The maximum atomic E-state index is 12.5. The van der Waals surface area contributed by atoms with Crippen molar-refractivity contribution < 1.29 is 9.53 Å². The van der Waals surface area contributed by atoms with Crippen LogP contribution in [-0.2, 0) is 4.74 Å². The summed E-state index contributed by atoms with van der Waals surface area (Å²) < 4.78 is 5.57. The highest BCUT2D eigenvalue weighted by Crippen LogP contribution is 2.30. The van der Waals surface area contributed by atoms with Crippen LogP contribution >= 0.6 is 0 Å². The fourth-order valence-electron chi connectivity index (χ4n) is 3.53. The number of morpholine rings is 1. The lowest BCUT2D eigenvalue weighted by Crippen LogP contribution is -2.41. The van der Waals surface area contributed by atoms with E-state index in [0.717, 1.165) is 24.2 Å². The number of nitrogens with zero attached hydrogens (tertiary/aromatic N) is 7. The number of ether oxygens (including phenoxy) is 1. The molecular weight excluding hydrogens is 396 g/mol. The minimum Gasteiger partial charge on any atom is -0.375 e. The van der Waals surface area contributed by atoms with Crippen LogP contribution in [-0.4, -0.2) is 56.6 Å². The summed E-state index contributed by atoms with van der Waals surface area (Å²) in [6.07, 6.45) is 11.5. The second kappa shape index (κ2) is 8.07. The largest absolute Gasteiger partial charge is 0.375 e. The van der Waals surface area contributed by atoms with E-state index in [1.54, 1.807) is 30.9 Å². The second-order valence-corrected chi connectivity index (χ2v) is 7.22. The number of carbonyl (C=O) groups is 1. The zero-order valence-electron chi connectivity index (χ0n) is 16.8. The van der Waals surface area contributed by atoms with Gasteiger partial charge in [0, 0.05) is 37.2 Å². The predicted molar refractivity (Wildman–Crippen MR) is 114 cm³/mol. The number of hydrogen-bond acceptors (Lipinski definition) is 9. The Morgan fingerprint density at radius 2 is 1.97 bits per heavy atom. The van der Waals surface area contributed by atoms with Gasteiger partial charge in [0.15, 0.2) is 0 Å². The second-order valence-electron chi connectivity index (χ2n) is 7.22. The zero-order chi connectivity index (χ0) is 21.2. The normalized spacial score (nSPS) is 17.8. The number of aromatic nitrogens is 5. The van der Waals surface area contributed by atoms with Gasteiger partial charge in [-0.3, -0.25) is 4.79 Å². The van der Waals surface area contributed by atoms with Crippen molar-refractivity contribution in [1.29, 1.82) is 0 Å². The average Bonchev–Trinajstić information content (AvgIpc) is 2.80. The van der Waals surface area contributed by atoms with Gasteiger partial charge >= 0.3 is 0 Å². The highest BCUT2D eigenvalue weighted by Gasteiger charge is 2.23. The van der Waals surface area contributed by atoms with Crippen LogP contribution in [0.25, 0.3) is 17.3 Å².